The molecule has 0 aromatic heterocycles. The van der Waals surface area contributed by atoms with Crippen LogP contribution in [0.4, 0.5) is 0 Å². The fraction of sp³-hybridized carbons (Fsp3) is 0.727. The number of hydrogen-bond acceptors (Lipinski definition) is 1. The van der Waals surface area contributed by atoms with Crippen molar-refractivity contribution in [1.29, 1.82) is 0 Å². The van der Waals surface area contributed by atoms with Gasteiger partial charge >= 0.3 is 0 Å². The molecule has 0 N–H and O–H groups in total. The second-order valence-electron chi connectivity index (χ2n) is 4.79. The molecule has 2 aliphatic carbocycles. The third-order valence-electron chi connectivity index (χ3n) is 3.83. The van der Waals surface area contributed by atoms with Gasteiger partial charge in [0, 0.05) is 5.92 Å². The number of ketones is 1. The van der Waals surface area contributed by atoms with Crippen LogP contribution in [0, 0.1) is 23.2 Å². The molecule has 1 saturated carbocycles. The maximum Gasteiger partial charge on any atom is 0.133 e. The molecular formula is C11H16O. The van der Waals surface area contributed by atoms with E-state index in [2.05, 4.69) is 26.0 Å². The van der Waals surface area contributed by atoms with Gasteiger partial charge in [-0.05, 0) is 30.6 Å². The molecule has 3 unspecified atom stereocenters. The molecule has 0 aromatic rings. The van der Waals surface area contributed by atoms with E-state index in [1.807, 2.05) is 0 Å². The number of carbonyl (C=O) groups is 1. The summed E-state index contributed by atoms with van der Waals surface area (Å²) in [5.41, 5.74) is 0.344. The largest absolute Gasteiger partial charge is 0.300 e. The van der Waals surface area contributed by atoms with Crippen molar-refractivity contribution in [3.8, 4) is 0 Å². The van der Waals surface area contributed by atoms with Crippen LogP contribution >= 0.6 is 0 Å². The monoisotopic (exact) mass is 164 g/mol. The van der Waals surface area contributed by atoms with Crippen LogP contribution in [0.3, 0.4) is 0 Å². The van der Waals surface area contributed by atoms with E-state index in [1.165, 1.54) is 0 Å². The Balaban J connectivity index is 2.30. The highest BCUT2D eigenvalue weighted by atomic mass is 16.1. The van der Waals surface area contributed by atoms with Crippen molar-refractivity contribution in [1.82, 2.24) is 0 Å². The predicted octanol–water partition coefficient (Wildman–Crippen LogP) is 2.42. The van der Waals surface area contributed by atoms with Gasteiger partial charge in [0.25, 0.3) is 0 Å². The summed E-state index contributed by atoms with van der Waals surface area (Å²) in [5.74, 6) is 1.85. The molecule has 0 aliphatic heterocycles. The Bertz CT molecular complexity index is 250. The fourth-order valence-electron chi connectivity index (χ4n) is 2.87. The lowest BCUT2D eigenvalue weighted by Crippen LogP contribution is -2.23. The van der Waals surface area contributed by atoms with E-state index in [1.54, 1.807) is 6.92 Å². The van der Waals surface area contributed by atoms with Gasteiger partial charge in [0.2, 0.25) is 0 Å². The van der Waals surface area contributed by atoms with E-state index in [4.69, 9.17) is 0 Å². The lowest BCUT2D eigenvalue weighted by Gasteiger charge is -2.25. The molecule has 2 rings (SSSR count). The summed E-state index contributed by atoms with van der Waals surface area (Å²) in [6.45, 7) is 6.30. The third-order valence-corrected chi connectivity index (χ3v) is 3.83. The van der Waals surface area contributed by atoms with Crippen molar-refractivity contribution in [3.05, 3.63) is 12.2 Å². The maximum absolute atomic E-state index is 11.3. The van der Waals surface area contributed by atoms with Gasteiger partial charge in [0.15, 0.2) is 0 Å². The molecule has 0 amide bonds. The summed E-state index contributed by atoms with van der Waals surface area (Å²) in [5, 5.41) is 0. The molecule has 12 heavy (non-hydrogen) atoms. The minimum absolute atomic E-state index is 0.315. The number of hydrogen-bond donors (Lipinski definition) is 0. The first-order chi connectivity index (χ1) is 5.53. The van der Waals surface area contributed by atoms with E-state index in [0.717, 1.165) is 6.42 Å². The summed E-state index contributed by atoms with van der Waals surface area (Å²) < 4.78 is 0. The van der Waals surface area contributed by atoms with E-state index in [9.17, 15) is 4.79 Å². The predicted molar refractivity (Wildman–Crippen MR) is 48.7 cm³/mol. The molecule has 0 heterocycles. The number of carbonyl (C=O) groups excluding carboxylic acids is 1. The Morgan fingerprint density at radius 2 is 2.08 bits per heavy atom. The van der Waals surface area contributed by atoms with Crippen LogP contribution in [-0.4, -0.2) is 5.78 Å². The Morgan fingerprint density at radius 1 is 1.42 bits per heavy atom. The molecule has 0 spiro atoms. The summed E-state index contributed by atoms with van der Waals surface area (Å²) in [4.78, 5) is 11.3. The summed E-state index contributed by atoms with van der Waals surface area (Å²) in [6, 6.07) is 0. The van der Waals surface area contributed by atoms with E-state index in [-0.39, 0.29) is 0 Å². The van der Waals surface area contributed by atoms with Crippen LogP contribution in [0.1, 0.15) is 27.2 Å². The quantitative estimate of drug-likeness (QED) is 0.544. The molecule has 0 radical (unpaired) electrons. The van der Waals surface area contributed by atoms with E-state index in [0.29, 0.717) is 29.0 Å². The lowest BCUT2D eigenvalue weighted by molar-refractivity contribution is -0.121. The van der Waals surface area contributed by atoms with Gasteiger partial charge in [0.1, 0.15) is 5.78 Å². The van der Waals surface area contributed by atoms with Crippen molar-refractivity contribution in [2.24, 2.45) is 23.2 Å². The van der Waals surface area contributed by atoms with Crippen LogP contribution in [0.25, 0.3) is 0 Å². The van der Waals surface area contributed by atoms with Crippen molar-refractivity contribution in [2.45, 2.75) is 27.2 Å². The van der Waals surface area contributed by atoms with Crippen LogP contribution < -0.4 is 0 Å². The zero-order chi connectivity index (χ0) is 8.93. The van der Waals surface area contributed by atoms with Gasteiger partial charge in [-0.1, -0.05) is 26.0 Å². The Labute approximate surface area is 73.8 Å². The van der Waals surface area contributed by atoms with Gasteiger partial charge < -0.3 is 0 Å². The number of allylic oxidation sites excluding steroid dienone is 2. The minimum atomic E-state index is 0.315. The highest BCUT2D eigenvalue weighted by molar-refractivity contribution is 5.79. The summed E-state index contributed by atoms with van der Waals surface area (Å²) in [7, 11) is 0. The standard InChI is InChI=1S/C11H16O/c1-7(12)9-6-8-4-5-10(9)11(8,2)3/h4-5,8-10H,6H2,1-3H3. The second-order valence-corrected chi connectivity index (χ2v) is 4.79. The molecule has 0 saturated heterocycles. The van der Waals surface area contributed by atoms with E-state index < -0.39 is 0 Å². The molecule has 66 valence electrons. The van der Waals surface area contributed by atoms with Crippen LogP contribution in [0.2, 0.25) is 0 Å². The molecule has 0 aromatic carbocycles. The molecule has 2 bridgehead atoms. The maximum atomic E-state index is 11.3. The van der Waals surface area contributed by atoms with Gasteiger partial charge in [-0.2, -0.15) is 0 Å². The minimum Gasteiger partial charge on any atom is -0.300 e. The molecule has 2 aliphatic rings. The number of rotatable bonds is 1. The topological polar surface area (TPSA) is 17.1 Å². The first-order valence-corrected chi connectivity index (χ1v) is 4.72. The zero-order valence-electron chi connectivity index (χ0n) is 8.00. The summed E-state index contributed by atoms with van der Waals surface area (Å²) in [6.07, 6.45) is 5.63. The van der Waals surface area contributed by atoms with E-state index >= 15 is 0 Å². The Morgan fingerprint density at radius 3 is 2.33 bits per heavy atom. The second kappa shape index (κ2) is 2.21. The first kappa shape index (κ1) is 8.03. The molecule has 1 nitrogen and oxygen atoms in total. The Hall–Kier alpha value is -0.590. The van der Waals surface area contributed by atoms with Gasteiger partial charge in [-0.3, -0.25) is 4.79 Å². The number of fused-ring (bicyclic) bond motifs is 2. The molecule has 1 heteroatoms. The molecule has 3 atom stereocenters. The smallest absolute Gasteiger partial charge is 0.133 e. The zero-order valence-corrected chi connectivity index (χ0v) is 8.00. The van der Waals surface area contributed by atoms with Crippen LogP contribution in [-0.2, 0) is 4.79 Å². The summed E-state index contributed by atoms with van der Waals surface area (Å²) >= 11 is 0. The SMILES string of the molecule is CC(=O)C1CC2C=CC1C2(C)C. The normalized spacial score (nSPS) is 42.1. The van der Waals surface area contributed by atoms with Gasteiger partial charge in [-0.15, -0.1) is 0 Å². The number of Topliss-reactive ketones (excluding diaryl/α,β-unsaturated/α-hetero) is 1. The average Bonchev–Trinajstić information content (AvgIpc) is 2.40. The van der Waals surface area contributed by atoms with Crippen LogP contribution in [0.15, 0.2) is 12.2 Å². The average molecular weight is 164 g/mol. The first-order valence-electron chi connectivity index (χ1n) is 4.72. The van der Waals surface area contributed by atoms with Gasteiger partial charge in [0.05, 0.1) is 0 Å². The van der Waals surface area contributed by atoms with Crippen molar-refractivity contribution in [2.75, 3.05) is 0 Å². The molecule has 1 fully saturated rings. The van der Waals surface area contributed by atoms with Crippen molar-refractivity contribution in [3.63, 3.8) is 0 Å². The molecular weight excluding hydrogens is 148 g/mol. The Kier molecular flexibility index (Phi) is 1.48. The highest BCUT2D eigenvalue weighted by Gasteiger charge is 2.51. The van der Waals surface area contributed by atoms with Crippen molar-refractivity contribution >= 4 is 5.78 Å². The highest BCUT2D eigenvalue weighted by Crippen LogP contribution is 2.56. The van der Waals surface area contributed by atoms with Crippen molar-refractivity contribution < 1.29 is 4.79 Å². The fourth-order valence-corrected chi connectivity index (χ4v) is 2.87. The lowest BCUT2D eigenvalue weighted by atomic mass is 9.79. The van der Waals surface area contributed by atoms with Gasteiger partial charge in [-0.25, -0.2) is 0 Å². The van der Waals surface area contributed by atoms with Crippen LogP contribution in [0.5, 0.6) is 0 Å². The third kappa shape index (κ3) is 0.825.